The molecule has 1 atom stereocenters. The second-order valence-electron chi connectivity index (χ2n) is 4.34. The molecular weight excluding hydrogens is 262 g/mol. The maximum Gasteiger partial charge on any atom is 0.322 e. The van der Waals surface area contributed by atoms with Gasteiger partial charge < -0.3 is 24.8 Å². The third-order valence-corrected chi connectivity index (χ3v) is 2.70. The summed E-state index contributed by atoms with van der Waals surface area (Å²) in [5.41, 5.74) is 0. The van der Waals surface area contributed by atoms with Crippen LogP contribution in [0.4, 0.5) is 11.9 Å². The lowest BCUT2D eigenvalue weighted by molar-refractivity contribution is -0.0819. The highest BCUT2D eigenvalue weighted by Crippen LogP contribution is 2.11. The Morgan fingerprint density at radius 2 is 2.00 bits per heavy atom. The first kappa shape index (κ1) is 14.7. The minimum absolute atomic E-state index is 0.0126. The Bertz CT molecular complexity index is 412. The van der Waals surface area contributed by atoms with Crippen LogP contribution in [0.25, 0.3) is 0 Å². The molecule has 0 amide bonds. The van der Waals surface area contributed by atoms with Crippen LogP contribution in [0.3, 0.4) is 0 Å². The first-order valence-electron chi connectivity index (χ1n) is 6.79. The smallest absolute Gasteiger partial charge is 0.322 e. The number of anilines is 2. The Morgan fingerprint density at radius 1 is 1.20 bits per heavy atom. The predicted molar refractivity (Wildman–Crippen MR) is 74.2 cm³/mol. The molecule has 1 aliphatic heterocycles. The molecule has 1 fully saturated rings. The van der Waals surface area contributed by atoms with Crippen molar-refractivity contribution in [2.75, 3.05) is 50.7 Å². The molecule has 0 radical (unpaired) electrons. The van der Waals surface area contributed by atoms with Crippen molar-refractivity contribution in [3.05, 3.63) is 0 Å². The zero-order valence-corrected chi connectivity index (χ0v) is 11.9. The summed E-state index contributed by atoms with van der Waals surface area (Å²) in [5, 5.41) is 6.23. The summed E-state index contributed by atoms with van der Waals surface area (Å²) < 4.78 is 16.0. The summed E-state index contributed by atoms with van der Waals surface area (Å²) in [6.45, 7) is 5.31. The van der Waals surface area contributed by atoms with Crippen LogP contribution < -0.4 is 15.4 Å². The van der Waals surface area contributed by atoms with Crippen molar-refractivity contribution in [3.8, 4) is 6.01 Å². The van der Waals surface area contributed by atoms with E-state index in [0.29, 0.717) is 38.3 Å². The second kappa shape index (κ2) is 7.81. The average molecular weight is 283 g/mol. The minimum Gasteiger partial charge on any atom is -0.467 e. The second-order valence-corrected chi connectivity index (χ2v) is 4.34. The highest BCUT2D eigenvalue weighted by atomic mass is 16.6. The molecule has 1 saturated heterocycles. The molecule has 112 valence electrons. The largest absolute Gasteiger partial charge is 0.467 e. The summed E-state index contributed by atoms with van der Waals surface area (Å²) in [6, 6.07) is 0.280. The number of ether oxygens (including phenoxy) is 3. The van der Waals surface area contributed by atoms with Crippen molar-refractivity contribution < 1.29 is 14.2 Å². The van der Waals surface area contributed by atoms with Crippen LogP contribution in [0.15, 0.2) is 0 Å². The van der Waals surface area contributed by atoms with Crippen molar-refractivity contribution >= 4 is 11.9 Å². The molecule has 1 aromatic rings. The molecule has 1 unspecified atom stereocenters. The van der Waals surface area contributed by atoms with Gasteiger partial charge in [-0.3, -0.25) is 0 Å². The topological polar surface area (TPSA) is 90.4 Å². The summed E-state index contributed by atoms with van der Waals surface area (Å²) in [5.74, 6) is 0.964. The Hall–Kier alpha value is -1.67. The predicted octanol–water partition coefficient (Wildman–Crippen LogP) is 0.529. The molecule has 1 aliphatic rings. The van der Waals surface area contributed by atoms with E-state index in [2.05, 4.69) is 32.5 Å². The summed E-state index contributed by atoms with van der Waals surface area (Å²) in [6.07, 6.45) is 1.00. The molecule has 0 aliphatic carbocycles. The van der Waals surface area contributed by atoms with Crippen LogP contribution in [0.2, 0.25) is 0 Å². The van der Waals surface area contributed by atoms with Crippen LogP contribution in [0.1, 0.15) is 13.3 Å². The third kappa shape index (κ3) is 4.46. The number of nitrogens with zero attached hydrogens (tertiary/aromatic N) is 3. The lowest BCUT2D eigenvalue weighted by atomic mass is 10.3. The van der Waals surface area contributed by atoms with Crippen LogP contribution in [0.5, 0.6) is 6.01 Å². The Labute approximate surface area is 118 Å². The molecule has 2 rings (SSSR count). The standard InChI is InChI=1S/C12H21N5O3/c1-3-4-13-10-15-11(17-12(16-10)18-2)14-7-9-8-19-5-6-20-9/h9H,3-8H2,1-2H3,(H2,13,14,15,16,17). The fourth-order valence-electron chi connectivity index (χ4n) is 1.70. The van der Waals surface area contributed by atoms with E-state index in [9.17, 15) is 0 Å². The molecule has 0 saturated carbocycles. The van der Waals surface area contributed by atoms with E-state index in [1.54, 1.807) is 0 Å². The Balaban J connectivity index is 1.94. The van der Waals surface area contributed by atoms with Gasteiger partial charge in [-0.1, -0.05) is 6.92 Å². The highest BCUT2D eigenvalue weighted by Gasteiger charge is 2.15. The van der Waals surface area contributed by atoms with Gasteiger partial charge in [-0.2, -0.15) is 15.0 Å². The average Bonchev–Trinajstić information content (AvgIpc) is 2.51. The van der Waals surface area contributed by atoms with Gasteiger partial charge in [0.2, 0.25) is 11.9 Å². The summed E-state index contributed by atoms with van der Waals surface area (Å²) in [4.78, 5) is 12.6. The summed E-state index contributed by atoms with van der Waals surface area (Å²) >= 11 is 0. The van der Waals surface area contributed by atoms with Crippen molar-refractivity contribution in [1.29, 1.82) is 0 Å². The fourth-order valence-corrected chi connectivity index (χ4v) is 1.70. The Kier molecular flexibility index (Phi) is 5.75. The van der Waals surface area contributed by atoms with Gasteiger partial charge in [0.25, 0.3) is 0 Å². The van der Waals surface area contributed by atoms with Gasteiger partial charge in [0.1, 0.15) is 0 Å². The Morgan fingerprint density at radius 3 is 2.65 bits per heavy atom. The van der Waals surface area contributed by atoms with Crippen molar-refractivity contribution in [3.63, 3.8) is 0 Å². The molecule has 2 heterocycles. The van der Waals surface area contributed by atoms with Crippen molar-refractivity contribution in [2.45, 2.75) is 19.4 Å². The van der Waals surface area contributed by atoms with Crippen molar-refractivity contribution in [2.24, 2.45) is 0 Å². The van der Waals surface area contributed by atoms with E-state index in [1.807, 2.05) is 0 Å². The van der Waals surface area contributed by atoms with Crippen LogP contribution in [0, 0.1) is 0 Å². The number of nitrogens with one attached hydrogen (secondary N) is 2. The maximum absolute atomic E-state index is 5.55. The lowest BCUT2D eigenvalue weighted by Crippen LogP contribution is -2.34. The van der Waals surface area contributed by atoms with Gasteiger partial charge in [0.05, 0.1) is 33.0 Å². The van der Waals surface area contributed by atoms with Crippen molar-refractivity contribution in [1.82, 2.24) is 15.0 Å². The van der Waals surface area contributed by atoms with Gasteiger partial charge >= 0.3 is 6.01 Å². The zero-order valence-electron chi connectivity index (χ0n) is 11.9. The van der Waals surface area contributed by atoms with Gasteiger partial charge in [0, 0.05) is 13.1 Å². The zero-order chi connectivity index (χ0) is 14.2. The van der Waals surface area contributed by atoms with Gasteiger partial charge in [0.15, 0.2) is 0 Å². The first-order valence-corrected chi connectivity index (χ1v) is 6.79. The van der Waals surface area contributed by atoms with E-state index in [0.717, 1.165) is 13.0 Å². The molecule has 20 heavy (non-hydrogen) atoms. The quantitative estimate of drug-likeness (QED) is 0.749. The molecule has 8 nitrogen and oxygen atoms in total. The number of hydrogen-bond acceptors (Lipinski definition) is 8. The molecule has 0 bridgehead atoms. The number of aromatic nitrogens is 3. The van der Waals surface area contributed by atoms with E-state index < -0.39 is 0 Å². The number of methoxy groups -OCH3 is 1. The molecule has 1 aromatic heterocycles. The normalized spacial score (nSPS) is 18.6. The van der Waals surface area contributed by atoms with E-state index in [4.69, 9.17) is 14.2 Å². The van der Waals surface area contributed by atoms with E-state index in [-0.39, 0.29) is 12.1 Å². The molecule has 2 N–H and O–H groups in total. The monoisotopic (exact) mass is 283 g/mol. The highest BCUT2D eigenvalue weighted by molar-refractivity contribution is 5.35. The first-order chi connectivity index (χ1) is 9.81. The van der Waals surface area contributed by atoms with Crippen LogP contribution >= 0.6 is 0 Å². The molecule has 8 heteroatoms. The van der Waals surface area contributed by atoms with E-state index in [1.165, 1.54) is 7.11 Å². The van der Waals surface area contributed by atoms with Gasteiger partial charge in [-0.05, 0) is 6.42 Å². The minimum atomic E-state index is 0.0126. The number of rotatable bonds is 7. The van der Waals surface area contributed by atoms with Gasteiger partial charge in [-0.25, -0.2) is 0 Å². The summed E-state index contributed by atoms with van der Waals surface area (Å²) in [7, 11) is 1.53. The van der Waals surface area contributed by atoms with E-state index >= 15 is 0 Å². The molecule has 0 spiro atoms. The maximum atomic E-state index is 5.55. The third-order valence-electron chi connectivity index (χ3n) is 2.70. The molecular formula is C12H21N5O3. The molecule has 0 aromatic carbocycles. The van der Waals surface area contributed by atoms with Gasteiger partial charge in [-0.15, -0.1) is 0 Å². The fraction of sp³-hybridized carbons (Fsp3) is 0.750. The SMILES string of the molecule is CCCNc1nc(NCC2COCCO2)nc(OC)n1. The van der Waals surface area contributed by atoms with Crippen LogP contribution in [-0.2, 0) is 9.47 Å². The lowest BCUT2D eigenvalue weighted by Gasteiger charge is -2.23. The number of hydrogen-bond donors (Lipinski definition) is 2. The van der Waals surface area contributed by atoms with Crippen LogP contribution in [-0.4, -0.2) is 61.1 Å².